The zero-order valence-electron chi connectivity index (χ0n) is 11.8. The van der Waals surface area contributed by atoms with E-state index < -0.39 is 17.7 Å². The van der Waals surface area contributed by atoms with Crippen LogP contribution in [0.4, 0.5) is 13.2 Å². The maximum absolute atomic E-state index is 12.5. The van der Waals surface area contributed by atoms with Crippen LogP contribution in [0.25, 0.3) is 0 Å². The number of halogens is 3. The molecule has 1 aliphatic carbocycles. The summed E-state index contributed by atoms with van der Waals surface area (Å²) in [5.74, 6) is -1.84. The average molecular weight is 319 g/mol. The number of alkyl halides is 3. The van der Waals surface area contributed by atoms with Crippen LogP contribution in [0.15, 0.2) is 11.4 Å². The van der Waals surface area contributed by atoms with Crippen LogP contribution in [0.2, 0.25) is 0 Å². The minimum absolute atomic E-state index is 0.0709. The highest BCUT2D eigenvalue weighted by molar-refractivity contribution is 7.10. The second-order valence-electron chi connectivity index (χ2n) is 6.12. The molecule has 3 nitrogen and oxygen atoms in total. The fourth-order valence-electron chi connectivity index (χ4n) is 3.00. The molecule has 21 heavy (non-hydrogen) atoms. The molecule has 1 amide bonds. The topological polar surface area (TPSA) is 29.5 Å². The molecule has 1 aromatic heterocycles. The van der Waals surface area contributed by atoms with Crippen molar-refractivity contribution in [1.29, 1.82) is 0 Å². The van der Waals surface area contributed by atoms with Crippen LogP contribution in [0.1, 0.15) is 30.2 Å². The molecule has 116 valence electrons. The summed E-state index contributed by atoms with van der Waals surface area (Å²) in [6, 6.07) is 2.04. The number of nitrogens with zero attached hydrogens (tertiary/aromatic N) is 1. The smallest absolute Gasteiger partial charge is 0.367 e. The normalized spacial score (nSPS) is 26.5. The Morgan fingerprint density at radius 2 is 2.14 bits per heavy atom. The number of hydrogen-bond acceptors (Lipinski definition) is 3. The lowest BCUT2D eigenvalue weighted by Crippen LogP contribution is -2.49. The third kappa shape index (κ3) is 2.36. The standard InChI is InChI=1S/C14H16F3NO2S/c1-12(7-18(2)11(19)14(15,16)17)10-9(3-6-21-10)13(4-5-13)8-20-12/h3,6H,4-5,7-8H2,1-2H3. The largest absolute Gasteiger partial charge is 0.471 e. The Morgan fingerprint density at radius 1 is 1.48 bits per heavy atom. The van der Waals surface area contributed by atoms with Crippen molar-refractivity contribution in [1.82, 2.24) is 4.90 Å². The molecule has 1 fully saturated rings. The van der Waals surface area contributed by atoms with Crippen LogP contribution in [0, 0.1) is 0 Å². The molecule has 1 aromatic rings. The van der Waals surface area contributed by atoms with E-state index in [1.54, 1.807) is 6.92 Å². The maximum atomic E-state index is 12.5. The molecular weight excluding hydrogens is 303 g/mol. The van der Waals surface area contributed by atoms with E-state index in [9.17, 15) is 18.0 Å². The molecule has 2 heterocycles. The van der Waals surface area contributed by atoms with E-state index in [0.717, 1.165) is 17.7 Å². The number of ether oxygens (including phenoxy) is 1. The molecule has 1 aliphatic heterocycles. The Hall–Kier alpha value is -1.08. The minimum atomic E-state index is -4.85. The van der Waals surface area contributed by atoms with Crippen LogP contribution < -0.4 is 0 Å². The first-order chi connectivity index (χ1) is 9.68. The molecular formula is C14H16F3NO2S. The van der Waals surface area contributed by atoms with E-state index in [1.165, 1.54) is 23.9 Å². The minimum Gasteiger partial charge on any atom is -0.367 e. The molecule has 0 aromatic carbocycles. The number of hydrogen-bond donors (Lipinski definition) is 0. The fourth-order valence-corrected chi connectivity index (χ4v) is 4.12. The van der Waals surface area contributed by atoms with Gasteiger partial charge in [0, 0.05) is 17.3 Å². The van der Waals surface area contributed by atoms with E-state index in [2.05, 4.69) is 0 Å². The highest BCUT2D eigenvalue weighted by Gasteiger charge is 2.54. The lowest BCUT2D eigenvalue weighted by Gasteiger charge is -2.40. The summed E-state index contributed by atoms with van der Waals surface area (Å²) in [6.45, 7) is 2.17. The van der Waals surface area contributed by atoms with E-state index in [-0.39, 0.29) is 12.0 Å². The van der Waals surface area contributed by atoms with Crippen molar-refractivity contribution >= 4 is 17.2 Å². The van der Waals surface area contributed by atoms with Crippen molar-refractivity contribution < 1.29 is 22.7 Å². The second-order valence-corrected chi connectivity index (χ2v) is 7.04. The quantitative estimate of drug-likeness (QED) is 0.838. The number of fused-ring (bicyclic) bond motifs is 2. The van der Waals surface area contributed by atoms with Gasteiger partial charge < -0.3 is 9.64 Å². The Bertz CT molecular complexity index is 579. The van der Waals surface area contributed by atoms with Crippen molar-refractivity contribution in [2.45, 2.75) is 37.0 Å². The summed E-state index contributed by atoms with van der Waals surface area (Å²) in [4.78, 5) is 13.0. The van der Waals surface area contributed by atoms with Gasteiger partial charge in [0.15, 0.2) is 0 Å². The number of likely N-dealkylation sites (N-methyl/N-ethyl adjacent to an activating group) is 1. The number of rotatable bonds is 2. The van der Waals surface area contributed by atoms with E-state index in [1.807, 2.05) is 11.4 Å². The first-order valence-corrected chi connectivity index (χ1v) is 7.61. The highest BCUT2D eigenvalue weighted by atomic mass is 32.1. The van der Waals surface area contributed by atoms with Gasteiger partial charge in [0.2, 0.25) is 0 Å². The SMILES string of the molecule is CN(CC1(C)OCC2(CC2)c2ccsc21)C(=O)C(F)(F)F. The van der Waals surface area contributed by atoms with Crippen LogP contribution in [0.5, 0.6) is 0 Å². The van der Waals surface area contributed by atoms with Gasteiger partial charge in [-0.1, -0.05) is 0 Å². The van der Waals surface area contributed by atoms with Gasteiger partial charge in [-0.3, -0.25) is 4.79 Å². The first kappa shape index (κ1) is 14.8. The zero-order valence-corrected chi connectivity index (χ0v) is 12.6. The molecule has 0 radical (unpaired) electrons. The molecule has 1 atom stereocenters. The lowest BCUT2D eigenvalue weighted by molar-refractivity contribution is -0.188. The summed E-state index contributed by atoms with van der Waals surface area (Å²) in [5.41, 5.74) is 0.392. The average Bonchev–Trinajstić information content (AvgIpc) is 2.97. The maximum Gasteiger partial charge on any atom is 0.471 e. The number of carbonyl (C=O) groups excluding carboxylic acids is 1. The molecule has 1 spiro atoms. The van der Waals surface area contributed by atoms with Crippen molar-refractivity contribution in [3.63, 3.8) is 0 Å². The first-order valence-electron chi connectivity index (χ1n) is 6.73. The summed E-state index contributed by atoms with van der Waals surface area (Å²) in [5, 5.41) is 1.95. The highest BCUT2D eigenvalue weighted by Crippen LogP contribution is 2.56. The zero-order chi connectivity index (χ0) is 15.5. The van der Waals surface area contributed by atoms with Gasteiger partial charge in [-0.05, 0) is 36.8 Å². The molecule has 0 saturated heterocycles. The van der Waals surface area contributed by atoms with Crippen LogP contribution in [-0.2, 0) is 20.5 Å². The van der Waals surface area contributed by atoms with Gasteiger partial charge in [-0.2, -0.15) is 13.2 Å². The van der Waals surface area contributed by atoms with Crippen LogP contribution in [0.3, 0.4) is 0 Å². The van der Waals surface area contributed by atoms with Crippen LogP contribution in [-0.4, -0.2) is 37.2 Å². The Kier molecular flexibility index (Phi) is 3.15. The Labute approximate surface area is 124 Å². The van der Waals surface area contributed by atoms with Gasteiger partial charge in [0.05, 0.1) is 13.2 Å². The van der Waals surface area contributed by atoms with Crippen molar-refractivity contribution in [2.75, 3.05) is 20.2 Å². The molecule has 0 N–H and O–H groups in total. The predicted octanol–water partition coefficient (Wildman–Crippen LogP) is 3.05. The van der Waals surface area contributed by atoms with Crippen molar-refractivity contribution in [3.8, 4) is 0 Å². The summed E-state index contributed by atoms with van der Waals surface area (Å²) in [7, 11) is 1.17. The third-order valence-electron chi connectivity index (χ3n) is 4.37. The van der Waals surface area contributed by atoms with Gasteiger partial charge in [0.25, 0.3) is 0 Å². The van der Waals surface area contributed by atoms with E-state index in [4.69, 9.17) is 4.74 Å². The van der Waals surface area contributed by atoms with Gasteiger partial charge in [-0.25, -0.2) is 0 Å². The molecule has 1 unspecified atom stereocenters. The molecule has 2 aliphatic rings. The summed E-state index contributed by atoms with van der Waals surface area (Å²) >= 11 is 1.49. The monoisotopic (exact) mass is 319 g/mol. The van der Waals surface area contributed by atoms with E-state index >= 15 is 0 Å². The molecule has 3 rings (SSSR count). The van der Waals surface area contributed by atoms with Crippen LogP contribution >= 0.6 is 11.3 Å². The van der Waals surface area contributed by atoms with Gasteiger partial charge in [-0.15, -0.1) is 11.3 Å². The lowest BCUT2D eigenvalue weighted by atomic mass is 9.87. The Morgan fingerprint density at radius 3 is 2.71 bits per heavy atom. The van der Waals surface area contributed by atoms with E-state index in [0.29, 0.717) is 11.5 Å². The second kappa shape index (κ2) is 4.46. The van der Waals surface area contributed by atoms with Crippen molar-refractivity contribution in [2.24, 2.45) is 0 Å². The number of carbonyl (C=O) groups is 1. The van der Waals surface area contributed by atoms with Gasteiger partial charge >= 0.3 is 12.1 Å². The third-order valence-corrected chi connectivity index (χ3v) is 5.53. The Balaban J connectivity index is 1.84. The number of amides is 1. The fraction of sp³-hybridized carbons (Fsp3) is 0.643. The molecule has 1 saturated carbocycles. The molecule has 0 bridgehead atoms. The predicted molar refractivity (Wildman–Crippen MR) is 72.2 cm³/mol. The summed E-state index contributed by atoms with van der Waals surface area (Å²) in [6.07, 6.45) is -2.73. The number of thiophene rings is 1. The molecule has 7 heteroatoms. The van der Waals surface area contributed by atoms with Crippen molar-refractivity contribution in [3.05, 3.63) is 21.9 Å². The summed E-state index contributed by atoms with van der Waals surface area (Å²) < 4.78 is 43.5. The van der Waals surface area contributed by atoms with Gasteiger partial charge in [0.1, 0.15) is 5.60 Å².